The molecule has 0 spiro atoms. The number of hydrogen-bond acceptors (Lipinski definition) is 2. The van der Waals surface area contributed by atoms with Crippen LogP contribution in [-0.4, -0.2) is 36.7 Å². The molecule has 1 rings (SSSR count). The Morgan fingerprint density at radius 2 is 1.82 bits per heavy atom. The summed E-state index contributed by atoms with van der Waals surface area (Å²) in [4.78, 5) is 2.53. The van der Waals surface area contributed by atoms with Crippen LogP contribution in [0.25, 0.3) is 0 Å². The number of hydrogen-bond donors (Lipinski definition) is 0. The lowest BCUT2D eigenvalue weighted by molar-refractivity contribution is -0.0118. The van der Waals surface area contributed by atoms with E-state index < -0.39 is 0 Å². The molecule has 2 nitrogen and oxygen atoms in total. The van der Waals surface area contributed by atoms with Gasteiger partial charge in [-0.3, -0.25) is 0 Å². The maximum absolute atomic E-state index is 5.97. The van der Waals surface area contributed by atoms with Crippen LogP contribution in [-0.2, 0) is 4.74 Å². The Morgan fingerprint density at radius 1 is 1.18 bits per heavy atom. The van der Waals surface area contributed by atoms with E-state index in [0.717, 1.165) is 12.8 Å². The first kappa shape index (κ1) is 14.5. The lowest BCUT2D eigenvalue weighted by atomic mass is 10.1. The molecule has 0 aromatic carbocycles. The fourth-order valence-corrected chi connectivity index (χ4v) is 2.19. The summed E-state index contributed by atoms with van der Waals surface area (Å²) in [6.07, 6.45) is 4.07. The Bertz CT molecular complexity index is 256. The Morgan fingerprint density at radius 3 is 2.35 bits per heavy atom. The van der Waals surface area contributed by atoms with Crippen LogP contribution in [0.15, 0.2) is 0 Å². The van der Waals surface area contributed by atoms with Crippen LogP contribution in [0, 0.1) is 17.8 Å². The quantitative estimate of drug-likeness (QED) is 0.697. The minimum Gasteiger partial charge on any atom is -0.362 e. The van der Waals surface area contributed by atoms with Gasteiger partial charge in [0.2, 0.25) is 0 Å². The van der Waals surface area contributed by atoms with E-state index in [1.54, 1.807) is 0 Å². The summed E-state index contributed by atoms with van der Waals surface area (Å²) in [5, 5.41) is 0. The second-order valence-corrected chi connectivity index (χ2v) is 5.26. The predicted octanol–water partition coefficient (Wildman–Crippen LogP) is 2.93. The van der Waals surface area contributed by atoms with E-state index in [-0.39, 0.29) is 6.10 Å². The van der Waals surface area contributed by atoms with Gasteiger partial charge in [-0.1, -0.05) is 32.6 Å². The highest BCUT2D eigenvalue weighted by Crippen LogP contribution is 2.15. The Hall–Kier alpha value is -0.520. The second-order valence-electron chi connectivity index (χ2n) is 5.26. The molecule has 0 radical (unpaired) electrons. The van der Waals surface area contributed by atoms with Crippen molar-refractivity contribution in [2.75, 3.05) is 19.6 Å². The van der Waals surface area contributed by atoms with Crippen LogP contribution in [0.2, 0.25) is 0 Å². The smallest absolute Gasteiger partial charge is 0.115 e. The molecule has 0 N–H and O–H groups in total. The number of likely N-dealkylation sites (tertiary alicyclic amines) is 1. The molecule has 0 aromatic rings. The van der Waals surface area contributed by atoms with Crippen LogP contribution in [0.3, 0.4) is 0 Å². The van der Waals surface area contributed by atoms with E-state index in [4.69, 9.17) is 4.74 Å². The first-order valence-corrected chi connectivity index (χ1v) is 7.00. The molecule has 0 amide bonds. The van der Waals surface area contributed by atoms with Gasteiger partial charge < -0.3 is 9.64 Å². The van der Waals surface area contributed by atoms with Gasteiger partial charge in [0.05, 0.1) is 6.10 Å². The molecule has 1 saturated heterocycles. The molecule has 1 aliphatic rings. The SMILES string of the molecule is CCCN1CCC(OC(C)C#CC(C)C)CC1. The summed E-state index contributed by atoms with van der Waals surface area (Å²) >= 11 is 0. The molecule has 1 fully saturated rings. The largest absolute Gasteiger partial charge is 0.362 e. The first-order chi connectivity index (χ1) is 8.11. The highest BCUT2D eigenvalue weighted by atomic mass is 16.5. The fourth-order valence-electron chi connectivity index (χ4n) is 2.19. The molecule has 2 heteroatoms. The Balaban J connectivity index is 2.24. The zero-order valence-corrected chi connectivity index (χ0v) is 11.8. The van der Waals surface area contributed by atoms with Gasteiger partial charge >= 0.3 is 0 Å². The standard InChI is InChI=1S/C15H27NO/c1-5-10-16-11-8-15(9-12-16)17-14(4)7-6-13(2)3/h13-15H,5,8-12H2,1-4H3. The van der Waals surface area contributed by atoms with Gasteiger partial charge in [0.15, 0.2) is 0 Å². The van der Waals surface area contributed by atoms with Crippen molar-refractivity contribution in [3.63, 3.8) is 0 Å². The highest BCUT2D eigenvalue weighted by Gasteiger charge is 2.20. The van der Waals surface area contributed by atoms with Crippen molar-refractivity contribution < 1.29 is 4.74 Å². The van der Waals surface area contributed by atoms with E-state index in [2.05, 4.69) is 44.4 Å². The van der Waals surface area contributed by atoms with E-state index >= 15 is 0 Å². The van der Waals surface area contributed by atoms with Gasteiger partial charge in [-0.2, -0.15) is 0 Å². The average Bonchev–Trinajstić information content (AvgIpc) is 2.29. The minimum atomic E-state index is 0.0834. The van der Waals surface area contributed by atoms with Crippen molar-refractivity contribution in [2.24, 2.45) is 5.92 Å². The molecule has 1 unspecified atom stereocenters. The molecule has 98 valence electrons. The summed E-state index contributed by atoms with van der Waals surface area (Å²) in [5.41, 5.74) is 0. The maximum Gasteiger partial charge on any atom is 0.115 e. The third-order valence-corrected chi connectivity index (χ3v) is 3.05. The summed E-state index contributed by atoms with van der Waals surface area (Å²) in [6.45, 7) is 12.1. The number of nitrogens with zero attached hydrogens (tertiary/aromatic N) is 1. The molecule has 17 heavy (non-hydrogen) atoms. The molecule has 1 aliphatic heterocycles. The molecule has 1 heterocycles. The Kier molecular flexibility index (Phi) is 6.62. The summed E-state index contributed by atoms with van der Waals surface area (Å²) in [6, 6.07) is 0. The summed E-state index contributed by atoms with van der Waals surface area (Å²) in [5.74, 6) is 6.80. The average molecular weight is 237 g/mol. The summed E-state index contributed by atoms with van der Waals surface area (Å²) < 4.78 is 5.97. The number of rotatable bonds is 4. The predicted molar refractivity (Wildman–Crippen MR) is 72.9 cm³/mol. The van der Waals surface area contributed by atoms with Crippen molar-refractivity contribution in [1.29, 1.82) is 0 Å². The Labute approximate surface area is 107 Å². The van der Waals surface area contributed by atoms with E-state index in [1.165, 1.54) is 26.1 Å². The number of piperidine rings is 1. The zero-order chi connectivity index (χ0) is 12.7. The molecule has 0 saturated carbocycles. The molecule has 0 aromatic heterocycles. The zero-order valence-electron chi connectivity index (χ0n) is 11.8. The van der Waals surface area contributed by atoms with Crippen LogP contribution >= 0.6 is 0 Å². The van der Waals surface area contributed by atoms with Crippen LogP contribution in [0.5, 0.6) is 0 Å². The van der Waals surface area contributed by atoms with E-state index in [1.807, 2.05) is 0 Å². The maximum atomic E-state index is 5.97. The topological polar surface area (TPSA) is 12.5 Å². The molecular weight excluding hydrogens is 210 g/mol. The fraction of sp³-hybridized carbons (Fsp3) is 0.867. The normalized spacial score (nSPS) is 20.1. The van der Waals surface area contributed by atoms with Crippen LogP contribution < -0.4 is 0 Å². The third-order valence-electron chi connectivity index (χ3n) is 3.05. The van der Waals surface area contributed by atoms with Gasteiger partial charge in [-0.05, 0) is 32.7 Å². The molecule has 0 bridgehead atoms. The van der Waals surface area contributed by atoms with Crippen molar-refractivity contribution in [3.05, 3.63) is 0 Å². The van der Waals surface area contributed by atoms with E-state index in [0.29, 0.717) is 12.0 Å². The number of ether oxygens (including phenoxy) is 1. The molecular formula is C15H27NO. The second kappa shape index (κ2) is 7.74. The van der Waals surface area contributed by atoms with Crippen molar-refractivity contribution in [3.8, 4) is 11.8 Å². The lowest BCUT2D eigenvalue weighted by Gasteiger charge is -2.32. The van der Waals surface area contributed by atoms with Gasteiger partial charge in [0.25, 0.3) is 0 Å². The van der Waals surface area contributed by atoms with Gasteiger partial charge in [-0.25, -0.2) is 0 Å². The monoisotopic (exact) mass is 237 g/mol. The summed E-state index contributed by atoms with van der Waals surface area (Å²) in [7, 11) is 0. The first-order valence-electron chi connectivity index (χ1n) is 7.00. The van der Waals surface area contributed by atoms with Crippen molar-refractivity contribution in [2.45, 2.75) is 59.2 Å². The van der Waals surface area contributed by atoms with Crippen LogP contribution in [0.1, 0.15) is 47.0 Å². The van der Waals surface area contributed by atoms with E-state index in [9.17, 15) is 0 Å². The van der Waals surface area contributed by atoms with Gasteiger partial charge in [0.1, 0.15) is 6.10 Å². The third kappa shape index (κ3) is 6.10. The lowest BCUT2D eigenvalue weighted by Crippen LogP contribution is -2.38. The minimum absolute atomic E-state index is 0.0834. The molecule has 1 atom stereocenters. The van der Waals surface area contributed by atoms with Gasteiger partial charge in [-0.15, -0.1) is 0 Å². The molecule has 0 aliphatic carbocycles. The van der Waals surface area contributed by atoms with Crippen LogP contribution in [0.4, 0.5) is 0 Å². The van der Waals surface area contributed by atoms with Crippen molar-refractivity contribution in [1.82, 2.24) is 4.90 Å². The van der Waals surface area contributed by atoms with Crippen molar-refractivity contribution >= 4 is 0 Å². The van der Waals surface area contributed by atoms with Gasteiger partial charge in [0, 0.05) is 19.0 Å². The highest BCUT2D eigenvalue weighted by molar-refractivity contribution is 5.05.